The molecule has 0 N–H and O–H groups in total. The summed E-state index contributed by atoms with van der Waals surface area (Å²) in [6.07, 6.45) is 1.86. The van der Waals surface area contributed by atoms with Crippen LogP contribution in [0.15, 0.2) is 30.3 Å². The van der Waals surface area contributed by atoms with Gasteiger partial charge in [0.25, 0.3) is 0 Å². The van der Waals surface area contributed by atoms with E-state index in [0.29, 0.717) is 0 Å². The molecule has 0 spiro atoms. The topological polar surface area (TPSA) is 19.9 Å². The monoisotopic (exact) mass is 217 g/mol. The van der Waals surface area contributed by atoms with Crippen molar-refractivity contribution < 1.29 is 5.11 Å². The van der Waals surface area contributed by atoms with Crippen molar-refractivity contribution in [2.75, 3.05) is 0 Å². The van der Waals surface area contributed by atoms with Gasteiger partial charge in [-0.3, -0.25) is 0 Å². The summed E-state index contributed by atoms with van der Waals surface area (Å²) in [7, 11) is 0. The molecule has 0 aliphatic rings. The molecule has 0 aliphatic carbocycles. The molecule has 0 unspecified atom stereocenters. The molecule has 13 heavy (non-hydrogen) atoms. The Labute approximate surface area is 88.3 Å². The number of rotatable bonds is 4. The van der Waals surface area contributed by atoms with Crippen LogP contribution in [-0.2, 0) is 11.5 Å². The lowest BCUT2D eigenvalue weighted by molar-refractivity contribution is 0.111. The van der Waals surface area contributed by atoms with Crippen molar-refractivity contribution in [1.82, 2.24) is 0 Å². The fourth-order valence-electron chi connectivity index (χ4n) is 1.14. The summed E-state index contributed by atoms with van der Waals surface area (Å²) < 4.78 is -1.82. The highest BCUT2D eigenvalue weighted by atomic mass is 35.5. The first kappa shape index (κ1) is 10.8. The Balaban J connectivity index is 2.29. The molecule has 0 atom stereocenters. The number of hydrogen-bond donors (Lipinski definition) is 0. The van der Waals surface area contributed by atoms with Crippen molar-refractivity contribution in [1.29, 1.82) is 0 Å². The largest absolute Gasteiger partial charge is 0.249 e. The molecule has 71 valence electrons. The molecule has 0 saturated carbocycles. The lowest BCUT2D eigenvalue weighted by atomic mass is 10.1. The number of benzene rings is 1. The van der Waals surface area contributed by atoms with E-state index in [0.717, 1.165) is 12.8 Å². The fraction of sp³-hybridized carbons (Fsp3) is 0.400. The highest BCUT2D eigenvalue weighted by Gasteiger charge is 2.20. The molecule has 0 aromatic heterocycles. The Bertz CT molecular complexity index is 241. The summed E-state index contributed by atoms with van der Waals surface area (Å²) in [4.78, 5) is 0. The average molecular weight is 218 g/mol. The first-order chi connectivity index (χ1) is 6.08. The van der Waals surface area contributed by atoms with Crippen LogP contribution in [0.5, 0.6) is 0 Å². The maximum Gasteiger partial charge on any atom is 0.249 e. The summed E-state index contributed by atoms with van der Waals surface area (Å²) in [6, 6.07) is 9.96. The number of halogens is 2. The summed E-state index contributed by atoms with van der Waals surface area (Å²) >= 11 is 10.6. The van der Waals surface area contributed by atoms with E-state index in [1.165, 1.54) is 5.56 Å². The van der Waals surface area contributed by atoms with Gasteiger partial charge in [0.05, 0.1) is 0 Å². The van der Waals surface area contributed by atoms with Crippen LogP contribution in [0.4, 0.5) is 0 Å². The molecule has 0 heterocycles. The Morgan fingerprint density at radius 3 is 2.31 bits per heavy atom. The zero-order chi connectivity index (χ0) is 9.73. The molecule has 1 rings (SSSR count). The van der Waals surface area contributed by atoms with Crippen molar-refractivity contribution in [2.45, 2.75) is 23.8 Å². The highest BCUT2D eigenvalue weighted by Crippen LogP contribution is 2.24. The van der Waals surface area contributed by atoms with Gasteiger partial charge in [-0.1, -0.05) is 53.5 Å². The molecule has 1 radical (unpaired) electrons. The molecule has 0 aliphatic heterocycles. The van der Waals surface area contributed by atoms with E-state index in [9.17, 15) is 5.11 Å². The smallest absolute Gasteiger partial charge is 0.194 e. The van der Waals surface area contributed by atoms with Gasteiger partial charge in [-0.2, -0.15) is 5.11 Å². The molecule has 3 heteroatoms. The van der Waals surface area contributed by atoms with Crippen LogP contribution in [0.2, 0.25) is 0 Å². The Kier molecular flexibility index (Phi) is 4.04. The minimum atomic E-state index is -1.82. The lowest BCUT2D eigenvalue weighted by Gasteiger charge is -2.08. The molecule has 0 amide bonds. The van der Waals surface area contributed by atoms with Gasteiger partial charge in [0.15, 0.2) is 0 Å². The van der Waals surface area contributed by atoms with Gasteiger partial charge >= 0.3 is 0 Å². The summed E-state index contributed by atoms with van der Waals surface area (Å²) in [5.41, 5.74) is 1.21. The van der Waals surface area contributed by atoms with E-state index in [1.807, 2.05) is 30.3 Å². The molecule has 1 aromatic rings. The quantitative estimate of drug-likeness (QED) is 0.688. The Morgan fingerprint density at radius 1 is 1.15 bits per heavy atom. The number of hydrogen-bond acceptors (Lipinski definition) is 0. The number of alkyl halides is 2. The Hall–Kier alpha value is -0.240. The molecule has 1 aromatic carbocycles. The van der Waals surface area contributed by atoms with Crippen LogP contribution in [0, 0.1) is 0 Å². The second-order valence-corrected chi connectivity index (χ2v) is 4.39. The van der Waals surface area contributed by atoms with E-state index in [2.05, 4.69) is 0 Å². The molecule has 0 bridgehead atoms. The predicted molar refractivity (Wildman–Crippen MR) is 54.5 cm³/mol. The summed E-state index contributed by atoms with van der Waals surface area (Å²) in [6.45, 7) is 0. The molecular weight excluding hydrogens is 207 g/mol. The van der Waals surface area contributed by atoms with Gasteiger partial charge in [-0.05, 0) is 18.4 Å². The number of aryl methyl sites for hydroxylation is 1. The zero-order valence-corrected chi connectivity index (χ0v) is 8.68. The van der Waals surface area contributed by atoms with E-state index < -0.39 is 4.52 Å². The highest BCUT2D eigenvalue weighted by molar-refractivity contribution is 6.46. The standard InChI is InChI=1S/C10H11Cl2O/c11-10(12,13)8-4-7-9-5-2-1-3-6-9/h1-3,5-6H,4,7-8H2. The van der Waals surface area contributed by atoms with Crippen molar-refractivity contribution in [3.8, 4) is 0 Å². The maximum absolute atomic E-state index is 10.8. The minimum absolute atomic E-state index is 0.283. The fourth-order valence-corrected chi connectivity index (χ4v) is 1.41. The van der Waals surface area contributed by atoms with Crippen molar-refractivity contribution in [3.05, 3.63) is 35.9 Å². The van der Waals surface area contributed by atoms with E-state index in [1.54, 1.807) is 0 Å². The first-order valence-corrected chi connectivity index (χ1v) is 4.96. The van der Waals surface area contributed by atoms with Crippen LogP contribution in [0.3, 0.4) is 0 Å². The van der Waals surface area contributed by atoms with E-state index in [-0.39, 0.29) is 6.42 Å². The average Bonchev–Trinajstić information content (AvgIpc) is 2.04. The molecule has 0 saturated heterocycles. The second kappa shape index (κ2) is 4.85. The lowest BCUT2D eigenvalue weighted by Crippen LogP contribution is -2.08. The van der Waals surface area contributed by atoms with Gasteiger partial charge in [0, 0.05) is 6.42 Å². The van der Waals surface area contributed by atoms with Crippen molar-refractivity contribution in [2.24, 2.45) is 0 Å². The third-order valence-corrected chi connectivity index (χ3v) is 2.15. The molecular formula is C10H11Cl2O. The van der Waals surface area contributed by atoms with Crippen LogP contribution >= 0.6 is 23.2 Å². The maximum atomic E-state index is 10.8. The van der Waals surface area contributed by atoms with Gasteiger partial charge in [-0.25, -0.2) is 0 Å². The normalized spacial score (nSPS) is 11.6. The summed E-state index contributed by atoms with van der Waals surface area (Å²) in [5.74, 6) is 0. The predicted octanol–water partition coefficient (Wildman–Crippen LogP) is 3.57. The van der Waals surface area contributed by atoms with Crippen molar-refractivity contribution >= 4 is 23.2 Å². The molecule has 1 nitrogen and oxygen atoms in total. The summed E-state index contributed by atoms with van der Waals surface area (Å²) in [5, 5.41) is 10.8. The zero-order valence-electron chi connectivity index (χ0n) is 7.17. The van der Waals surface area contributed by atoms with Gasteiger partial charge < -0.3 is 0 Å². The first-order valence-electron chi connectivity index (χ1n) is 4.20. The van der Waals surface area contributed by atoms with Crippen LogP contribution in [0.25, 0.3) is 0 Å². The third-order valence-electron chi connectivity index (χ3n) is 1.78. The van der Waals surface area contributed by atoms with E-state index in [4.69, 9.17) is 23.2 Å². The van der Waals surface area contributed by atoms with Gasteiger partial charge in [0.2, 0.25) is 4.52 Å². The van der Waals surface area contributed by atoms with Crippen LogP contribution in [-0.4, -0.2) is 4.52 Å². The van der Waals surface area contributed by atoms with Crippen LogP contribution in [0.1, 0.15) is 18.4 Å². The van der Waals surface area contributed by atoms with Crippen molar-refractivity contribution in [3.63, 3.8) is 0 Å². The third kappa shape index (κ3) is 5.14. The van der Waals surface area contributed by atoms with E-state index >= 15 is 0 Å². The second-order valence-electron chi connectivity index (χ2n) is 2.98. The van der Waals surface area contributed by atoms with Gasteiger partial charge in [-0.15, -0.1) is 0 Å². The molecule has 0 fully saturated rings. The Morgan fingerprint density at radius 2 is 1.77 bits per heavy atom. The SMILES string of the molecule is [O]C(Cl)(Cl)CCCc1ccccc1. The van der Waals surface area contributed by atoms with Crippen LogP contribution < -0.4 is 0 Å². The minimum Gasteiger partial charge on any atom is -0.194 e. The van der Waals surface area contributed by atoms with Gasteiger partial charge in [0.1, 0.15) is 0 Å².